The molecule has 0 spiro atoms. The van der Waals surface area contributed by atoms with Gasteiger partial charge in [0.2, 0.25) is 11.8 Å². The molecule has 2 N–H and O–H groups in total. The molecule has 1 fully saturated rings. The summed E-state index contributed by atoms with van der Waals surface area (Å²) in [7, 11) is 0. The average molecular weight is 465 g/mol. The normalized spacial score (nSPS) is 14.4. The predicted molar refractivity (Wildman–Crippen MR) is 119 cm³/mol. The smallest absolute Gasteiger partial charge is 0.252 e. The molecule has 0 saturated carbocycles. The number of carbonyl (C=O) groups is 2. The van der Waals surface area contributed by atoms with Crippen molar-refractivity contribution in [3.05, 3.63) is 74.8 Å². The van der Waals surface area contributed by atoms with E-state index in [0.29, 0.717) is 29.6 Å². The number of fused-ring (bicyclic) bond motifs is 1. The van der Waals surface area contributed by atoms with E-state index in [1.54, 1.807) is 11.0 Å². The second-order valence-electron chi connectivity index (χ2n) is 8.33. The molecule has 174 valence electrons. The molecule has 4 rings (SSSR count). The van der Waals surface area contributed by atoms with E-state index in [9.17, 15) is 23.2 Å². The van der Waals surface area contributed by atoms with Gasteiger partial charge in [0.15, 0.2) is 0 Å². The number of nitrogens with one attached hydrogen (secondary N) is 2. The molecule has 1 atom stereocenters. The fraction of sp³-hybridized carbons (Fsp3) is 0.292. The lowest BCUT2D eigenvalue weighted by molar-refractivity contribution is -0.133. The van der Waals surface area contributed by atoms with Gasteiger partial charge in [-0.2, -0.15) is 5.26 Å². The van der Waals surface area contributed by atoms with Crippen LogP contribution in [-0.4, -0.2) is 39.8 Å². The van der Waals surface area contributed by atoms with Gasteiger partial charge in [0.05, 0.1) is 23.7 Å². The first-order chi connectivity index (χ1) is 16.2. The lowest BCUT2D eigenvalue weighted by atomic mass is 9.84. The van der Waals surface area contributed by atoms with Gasteiger partial charge in [-0.3, -0.25) is 19.4 Å². The van der Waals surface area contributed by atoms with Crippen molar-refractivity contribution in [1.82, 2.24) is 20.2 Å². The molecular weight excluding hydrogens is 444 g/mol. The molecular formula is C24H21F2N5O3. The number of amides is 2. The lowest BCUT2D eigenvalue weighted by Crippen LogP contribution is -2.48. The van der Waals surface area contributed by atoms with Gasteiger partial charge in [0.25, 0.3) is 5.56 Å². The van der Waals surface area contributed by atoms with E-state index in [2.05, 4.69) is 15.3 Å². The second kappa shape index (κ2) is 9.02. The highest BCUT2D eigenvalue weighted by Crippen LogP contribution is 2.34. The van der Waals surface area contributed by atoms with E-state index in [-0.39, 0.29) is 35.1 Å². The molecule has 1 aliphatic heterocycles. The van der Waals surface area contributed by atoms with Crippen molar-refractivity contribution in [2.24, 2.45) is 0 Å². The van der Waals surface area contributed by atoms with E-state index < -0.39 is 29.1 Å². The third-order valence-electron chi connectivity index (χ3n) is 5.98. The molecule has 0 radical (unpaired) electrons. The molecule has 0 bridgehead atoms. The maximum Gasteiger partial charge on any atom is 0.252 e. The van der Waals surface area contributed by atoms with Crippen LogP contribution in [0.3, 0.4) is 0 Å². The highest BCUT2D eigenvalue weighted by molar-refractivity contribution is 5.87. The fourth-order valence-electron chi connectivity index (χ4n) is 4.24. The number of pyridine rings is 2. The van der Waals surface area contributed by atoms with Crippen LogP contribution in [0, 0.1) is 23.0 Å². The molecule has 3 heterocycles. The Hall–Kier alpha value is -4.13. The third kappa shape index (κ3) is 4.37. The largest absolute Gasteiger partial charge is 0.348 e. The SMILES string of the molecule is CC(=O)N1CC(c2c(CC(=O)N[C@@H](C)c3ncc(C#N)cc3F)c(=O)[nH]c3ccc(F)cc23)C1. The first kappa shape index (κ1) is 23.0. The molecule has 2 amide bonds. The van der Waals surface area contributed by atoms with Crippen molar-refractivity contribution in [2.75, 3.05) is 13.1 Å². The van der Waals surface area contributed by atoms with Gasteiger partial charge in [-0.05, 0) is 36.8 Å². The summed E-state index contributed by atoms with van der Waals surface area (Å²) in [4.78, 5) is 45.6. The molecule has 10 heteroatoms. The van der Waals surface area contributed by atoms with Gasteiger partial charge in [-0.15, -0.1) is 0 Å². The molecule has 2 aromatic heterocycles. The van der Waals surface area contributed by atoms with Gasteiger partial charge in [-0.25, -0.2) is 8.78 Å². The summed E-state index contributed by atoms with van der Waals surface area (Å²) in [6, 6.07) is 6.00. The van der Waals surface area contributed by atoms with E-state index in [0.717, 1.165) is 6.07 Å². The predicted octanol–water partition coefficient (Wildman–Crippen LogP) is 2.44. The zero-order valence-electron chi connectivity index (χ0n) is 18.5. The Morgan fingerprint density at radius 1 is 1.32 bits per heavy atom. The number of aromatic amines is 1. The van der Waals surface area contributed by atoms with Gasteiger partial charge in [0, 0.05) is 48.6 Å². The van der Waals surface area contributed by atoms with Crippen LogP contribution in [0.4, 0.5) is 8.78 Å². The summed E-state index contributed by atoms with van der Waals surface area (Å²) >= 11 is 0. The van der Waals surface area contributed by atoms with Crippen LogP contribution in [0.25, 0.3) is 10.9 Å². The lowest BCUT2D eigenvalue weighted by Gasteiger charge is -2.40. The van der Waals surface area contributed by atoms with Crippen molar-refractivity contribution >= 4 is 22.7 Å². The van der Waals surface area contributed by atoms with Crippen LogP contribution >= 0.6 is 0 Å². The number of nitrogens with zero attached hydrogens (tertiary/aromatic N) is 3. The summed E-state index contributed by atoms with van der Waals surface area (Å²) in [5.41, 5.74) is 0.660. The Bertz CT molecular complexity index is 1410. The third-order valence-corrected chi connectivity index (χ3v) is 5.98. The van der Waals surface area contributed by atoms with Crippen molar-refractivity contribution < 1.29 is 18.4 Å². The maximum absolute atomic E-state index is 14.3. The Labute approximate surface area is 193 Å². The molecule has 0 aliphatic carbocycles. The fourth-order valence-corrected chi connectivity index (χ4v) is 4.24. The number of hydrogen-bond acceptors (Lipinski definition) is 5. The Morgan fingerprint density at radius 2 is 2.06 bits per heavy atom. The Morgan fingerprint density at radius 3 is 2.71 bits per heavy atom. The topological polar surface area (TPSA) is 119 Å². The number of nitriles is 1. The zero-order valence-corrected chi connectivity index (χ0v) is 18.5. The first-order valence-corrected chi connectivity index (χ1v) is 10.6. The average Bonchev–Trinajstić information content (AvgIpc) is 2.74. The van der Waals surface area contributed by atoms with Crippen LogP contribution in [0.1, 0.15) is 48.2 Å². The summed E-state index contributed by atoms with van der Waals surface area (Å²) in [5, 5.41) is 12.0. The van der Waals surface area contributed by atoms with E-state index in [1.165, 1.54) is 38.2 Å². The number of halogens is 2. The number of carbonyl (C=O) groups excluding carboxylic acids is 2. The molecule has 1 saturated heterocycles. The molecule has 34 heavy (non-hydrogen) atoms. The number of aromatic nitrogens is 2. The van der Waals surface area contributed by atoms with Crippen LogP contribution < -0.4 is 10.9 Å². The molecule has 0 unspecified atom stereocenters. The van der Waals surface area contributed by atoms with E-state index >= 15 is 0 Å². The quantitative estimate of drug-likeness (QED) is 0.600. The number of benzene rings is 1. The van der Waals surface area contributed by atoms with Crippen molar-refractivity contribution in [3.63, 3.8) is 0 Å². The van der Waals surface area contributed by atoms with Gasteiger partial charge < -0.3 is 15.2 Å². The second-order valence-corrected chi connectivity index (χ2v) is 8.33. The Kier molecular flexibility index (Phi) is 6.11. The minimum atomic E-state index is -0.822. The molecule has 3 aromatic rings. The van der Waals surface area contributed by atoms with Crippen LogP contribution in [0.2, 0.25) is 0 Å². The summed E-state index contributed by atoms with van der Waals surface area (Å²) in [6.07, 6.45) is 0.884. The van der Waals surface area contributed by atoms with Crippen LogP contribution in [-0.2, 0) is 16.0 Å². The van der Waals surface area contributed by atoms with Crippen LogP contribution in [0.5, 0.6) is 0 Å². The van der Waals surface area contributed by atoms with Gasteiger partial charge in [0.1, 0.15) is 17.7 Å². The molecule has 1 aliphatic rings. The summed E-state index contributed by atoms with van der Waals surface area (Å²) < 4.78 is 28.3. The maximum atomic E-state index is 14.3. The highest BCUT2D eigenvalue weighted by atomic mass is 19.1. The minimum Gasteiger partial charge on any atom is -0.348 e. The van der Waals surface area contributed by atoms with Crippen LogP contribution in [0.15, 0.2) is 35.3 Å². The molecule has 8 nitrogen and oxygen atoms in total. The summed E-state index contributed by atoms with van der Waals surface area (Å²) in [6.45, 7) is 3.69. The van der Waals surface area contributed by atoms with Gasteiger partial charge in [-0.1, -0.05) is 0 Å². The van der Waals surface area contributed by atoms with Crippen molar-refractivity contribution in [3.8, 4) is 6.07 Å². The first-order valence-electron chi connectivity index (χ1n) is 10.6. The zero-order chi connectivity index (χ0) is 24.6. The van der Waals surface area contributed by atoms with Gasteiger partial charge >= 0.3 is 0 Å². The number of hydrogen-bond donors (Lipinski definition) is 2. The highest BCUT2D eigenvalue weighted by Gasteiger charge is 2.34. The minimum absolute atomic E-state index is 0.0434. The number of rotatable bonds is 5. The Balaban J connectivity index is 1.65. The van der Waals surface area contributed by atoms with E-state index in [4.69, 9.17) is 5.26 Å². The van der Waals surface area contributed by atoms with Crippen molar-refractivity contribution in [1.29, 1.82) is 5.26 Å². The molecule has 1 aromatic carbocycles. The van der Waals surface area contributed by atoms with Crippen molar-refractivity contribution in [2.45, 2.75) is 32.2 Å². The monoisotopic (exact) mass is 465 g/mol. The summed E-state index contributed by atoms with van der Waals surface area (Å²) in [5.74, 6) is -2.11. The number of likely N-dealkylation sites (tertiary alicyclic amines) is 1. The standard InChI is InChI=1S/C24H21F2N5O3/c1-12(23-19(26)5-14(8-27)9-28-23)29-21(33)7-18-22(15-10-31(11-15)13(2)32)17-6-16(25)3-4-20(17)30-24(18)34/h3-6,9,12,15H,7,10-11H2,1-2H3,(H,29,33)(H,30,34)/t12-/m0/s1. The number of H-pyrrole nitrogens is 1. The van der Waals surface area contributed by atoms with E-state index in [1.807, 2.05) is 0 Å².